The normalized spacial score (nSPS) is 10.2. The number of hydrogen-bond donors (Lipinski definition) is 2. The smallest absolute Gasteiger partial charge is 0.251 e. The molecule has 2 aromatic rings. The first-order chi connectivity index (χ1) is 11.0. The molecule has 0 fully saturated rings. The minimum absolute atomic E-state index is 0.158. The van der Waals surface area contributed by atoms with Gasteiger partial charge in [-0.3, -0.25) is 9.59 Å². The summed E-state index contributed by atoms with van der Waals surface area (Å²) in [5, 5.41) is 6.23. The van der Waals surface area contributed by atoms with E-state index in [4.69, 9.17) is 11.6 Å². The van der Waals surface area contributed by atoms with Crippen LogP contribution in [0.4, 0.5) is 5.69 Å². The van der Waals surface area contributed by atoms with Crippen molar-refractivity contribution in [3.63, 3.8) is 0 Å². The van der Waals surface area contributed by atoms with E-state index in [1.807, 2.05) is 24.3 Å². The van der Waals surface area contributed by atoms with Gasteiger partial charge in [0.2, 0.25) is 5.91 Å². The van der Waals surface area contributed by atoms with Gasteiger partial charge in [-0.15, -0.1) is 11.8 Å². The Balaban J connectivity index is 1.80. The summed E-state index contributed by atoms with van der Waals surface area (Å²) in [5.41, 5.74) is 1.13. The van der Waals surface area contributed by atoms with Gasteiger partial charge in [0.1, 0.15) is 0 Å². The van der Waals surface area contributed by atoms with Crippen LogP contribution in [0.2, 0.25) is 5.02 Å². The van der Waals surface area contributed by atoms with Gasteiger partial charge in [-0.2, -0.15) is 0 Å². The molecule has 4 nitrogen and oxygen atoms in total. The molecule has 0 saturated carbocycles. The van der Waals surface area contributed by atoms with E-state index >= 15 is 0 Å². The summed E-state index contributed by atoms with van der Waals surface area (Å²) in [5.74, 6) is 0.439. The number of amides is 2. The van der Waals surface area contributed by atoms with Gasteiger partial charge < -0.3 is 10.6 Å². The van der Waals surface area contributed by atoms with E-state index < -0.39 is 0 Å². The second kappa shape index (κ2) is 8.60. The van der Waals surface area contributed by atoms with E-state index in [0.29, 0.717) is 22.8 Å². The summed E-state index contributed by atoms with van der Waals surface area (Å²) in [7, 11) is 0. The highest BCUT2D eigenvalue weighted by atomic mass is 35.5. The summed E-state index contributed by atoms with van der Waals surface area (Å²) in [6.07, 6.45) is 0. The van der Waals surface area contributed by atoms with Gasteiger partial charge in [0, 0.05) is 40.4 Å². The first-order valence-electron chi connectivity index (χ1n) is 7.09. The van der Waals surface area contributed by atoms with E-state index in [-0.39, 0.29) is 11.8 Å². The molecule has 0 aliphatic rings. The number of carbonyl (C=O) groups is 2. The van der Waals surface area contributed by atoms with Crippen LogP contribution in [0, 0.1) is 0 Å². The van der Waals surface area contributed by atoms with E-state index in [1.54, 1.807) is 36.0 Å². The second-order valence-corrected chi connectivity index (χ2v) is 6.43. The summed E-state index contributed by atoms with van der Waals surface area (Å²) in [4.78, 5) is 24.2. The van der Waals surface area contributed by atoms with Crippen molar-refractivity contribution in [2.45, 2.75) is 11.8 Å². The molecule has 2 N–H and O–H groups in total. The van der Waals surface area contributed by atoms with Crippen LogP contribution in [0.1, 0.15) is 17.3 Å². The molecule has 120 valence electrons. The van der Waals surface area contributed by atoms with Crippen molar-refractivity contribution < 1.29 is 9.59 Å². The number of hydrogen-bond acceptors (Lipinski definition) is 3. The van der Waals surface area contributed by atoms with Crippen LogP contribution in [-0.4, -0.2) is 24.1 Å². The van der Waals surface area contributed by atoms with Gasteiger partial charge in [0.25, 0.3) is 5.91 Å². The quantitative estimate of drug-likeness (QED) is 0.616. The highest BCUT2D eigenvalue weighted by Crippen LogP contribution is 2.19. The molecule has 6 heteroatoms. The lowest BCUT2D eigenvalue weighted by atomic mass is 10.2. The first kappa shape index (κ1) is 17.4. The number of rotatable bonds is 6. The average Bonchev–Trinajstić information content (AvgIpc) is 2.52. The van der Waals surface area contributed by atoms with Crippen molar-refractivity contribution >= 4 is 40.9 Å². The number of anilines is 1. The molecule has 0 unspecified atom stereocenters. The molecule has 2 rings (SSSR count). The van der Waals surface area contributed by atoms with Gasteiger partial charge in [-0.05, 0) is 42.5 Å². The molecule has 0 spiro atoms. The highest BCUT2D eigenvalue weighted by Gasteiger charge is 2.06. The molecule has 0 bridgehead atoms. The van der Waals surface area contributed by atoms with E-state index in [1.165, 1.54) is 6.92 Å². The van der Waals surface area contributed by atoms with Crippen molar-refractivity contribution in [1.29, 1.82) is 0 Å². The number of halogens is 1. The molecule has 0 aliphatic carbocycles. The second-order valence-electron chi connectivity index (χ2n) is 4.82. The molecular weight excluding hydrogens is 332 g/mol. The fraction of sp³-hybridized carbons (Fsp3) is 0.176. The van der Waals surface area contributed by atoms with Crippen LogP contribution in [0.5, 0.6) is 0 Å². The third kappa shape index (κ3) is 5.96. The van der Waals surface area contributed by atoms with E-state index in [9.17, 15) is 9.59 Å². The zero-order chi connectivity index (χ0) is 16.7. The standard InChI is InChI=1S/C17H17ClN2O2S/c1-12(21)20-15-4-2-3-13(11-15)17(22)19-9-10-23-16-7-5-14(18)6-8-16/h2-8,11H,9-10H2,1H3,(H,19,22)(H,20,21). The topological polar surface area (TPSA) is 58.2 Å². The Hall–Kier alpha value is -1.98. The van der Waals surface area contributed by atoms with Crippen molar-refractivity contribution in [3.05, 3.63) is 59.1 Å². The predicted octanol–water partition coefficient (Wildman–Crippen LogP) is 3.82. The minimum atomic E-state index is -0.165. The molecule has 0 heterocycles. The minimum Gasteiger partial charge on any atom is -0.351 e. The molecular formula is C17H17ClN2O2S. The molecule has 0 atom stereocenters. The Morgan fingerprint density at radius 1 is 1.13 bits per heavy atom. The van der Waals surface area contributed by atoms with Gasteiger partial charge in [-0.1, -0.05) is 17.7 Å². The lowest BCUT2D eigenvalue weighted by Gasteiger charge is -2.07. The van der Waals surface area contributed by atoms with E-state index in [2.05, 4.69) is 10.6 Å². The molecule has 0 radical (unpaired) electrons. The van der Waals surface area contributed by atoms with Crippen LogP contribution in [-0.2, 0) is 4.79 Å². The fourth-order valence-corrected chi connectivity index (χ4v) is 2.80. The maximum atomic E-state index is 12.1. The molecule has 0 aromatic heterocycles. The van der Waals surface area contributed by atoms with Gasteiger partial charge in [0.15, 0.2) is 0 Å². The Bertz CT molecular complexity index is 689. The maximum absolute atomic E-state index is 12.1. The number of nitrogens with one attached hydrogen (secondary N) is 2. The Morgan fingerprint density at radius 3 is 2.57 bits per heavy atom. The SMILES string of the molecule is CC(=O)Nc1cccc(C(=O)NCCSc2ccc(Cl)cc2)c1. The first-order valence-corrected chi connectivity index (χ1v) is 8.45. The summed E-state index contributed by atoms with van der Waals surface area (Å²) >= 11 is 7.48. The lowest BCUT2D eigenvalue weighted by Crippen LogP contribution is -2.25. The lowest BCUT2D eigenvalue weighted by molar-refractivity contribution is -0.114. The van der Waals surface area contributed by atoms with Crippen molar-refractivity contribution in [2.24, 2.45) is 0 Å². The number of benzene rings is 2. The Kier molecular flexibility index (Phi) is 6.50. The van der Waals surface area contributed by atoms with Gasteiger partial charge >= 0.3 is 0 Å². The monoisotopic (exact) mass is 348 g/mol. The Morgan fingerprint density at radius 2 is 1.87 bits per heavy atom. The van der Waals surface area contributed by atoms with E-state index in [0.717, 1.165) is 10.6 Å². The summed E-state index contributed by atoms with van der Waals surface area (Å²) < 4.78 is 0. The molecule has 0 aliphatic heterocycles. The predicted molar refractivity (Wildman–Crippen MR) is 95.3 cm³/mol. The van der Waals surface area contributed by atoms with Crippen LogP contribution < -0.4 is 10.6 Å². The van der Waals surface area contributed by atoms with Crippen molar-refractivity contribution in [3.8, 4) is 0 Å². The zero-order valence-electron chi connectivity index (χ0n) is 12.6. The highest BCUT2D eigenvalue weighted by molar-refractivity contribution is 7.99. The van der Waals surface area contributed by atoms with Crippen LogP contribution >= 0.6 is 23.4 Å². The van der Waals surface area contributed by atoms with Gasteiger partial charge in [0.05, 0.1) is 0 Å². The summed E-state index contributed by atoms with van der Waals surface area (Å²) in [6, 6.07) is 14.4. The van der Waals surface area contributed by atoms with Crippen LogP contribution in [0.25, 0.3) is 0 Å². The molecule has 2 aromatic carbocycles. The third-order valence-corrected chi connectivity index (χ3v) is 4.18. The summed E-state index contributed by atoms with van der Waals surface area (Å²) in [6.45, 7) is 1.98. The fourth-order valence-electron chi connectivity index (χ4n) is 1.91. The molecule has 23 heavy (non-hydrogen) atoms. The van der Waals surface area contributed by atoms with Crippen molar-refractivity contribution in [1.82, 2.24) is 5.32 Å². The largest absolute Gasteiger partial charge is 0.351 e. The molecule has 0 saturated heterocycles. The third-order valence-electron chi connectivity index (χ3n) is 2.92. The maximum Gasteiger partial charge on any atom is 0.251 e. The zero-order valence-corrected chi connectivity index (χ0v) is 14.2. The number of thioether (sulfide) groups is 1. The van der Waals surface area contributed by atoms with Crippen molar-refractivity contribution in [2.75, 3.05) is 17.6 Å². The molecule has 2 amide bonds. The van der Waals surface area contributed by atoms with Crippen LogP contribution in [0.15, 0.2) is 53.4 Å². The average molecular weight is 349 g/mol. The number of carbonyl (C=O) groups excluding carboxylic acids is 2. The van der Waals surface area contributed by atoms with Crippen LogP contribution in [0.3, 0.4) is 0 Å². The Labute approximate surface area is 144 Å². The van der Waals surface area contributed by atoms with Gasteiger partial charge in [-0.25, -0.2) is 0 Å².